The van der Waals surface area contributed by atoms with Gasteiger partial charge in [-0.15, -0.1) is 0 Å². The first kappa shape index (κ1) is 19.3. The zero-order valence-electron chi connectivity index (χ0n) is 15.0. The number of ether oxygens (including phenoxy) is 1. The molecule has 0 aliphatic carbocycles. The van der Waals surface area contributed by atoms with Crippen molar-refractivity contribution in [1.82, 2.24) is 14.7 Å². The average Bonchev–Trinajstić information content (AvgIpc) is 3.31. The molecule has 0 saturated heterocycles. The van der Waals surface area contributed by atoms with Crippen LogP contribution in [0.5, 0.6) is 5.75 Å². The molecule has 0 unspecified atom stereocenters. The lowest BCUT2D eigenvalue weighted by molar-refractivity contribution is 0.0747. The third-order valence-electron chi connectivity index (χ3n) is 3.92. The van der Waals surface area contributed by atoms with Gasteiger partial charge in [0.25, 0.3) is 5.91 Å². The van der Waals surface area contributed by atoms with Crippen molar-refractivity contribution < 1.29 is 13.9 Å². The number of aryl methyl sites for hydroxylation is 1. The molecule has 0 spiro atoms. The van der Waals surface area contributed by atoms with Gasteiger partial charge in [-0.25, -0.2) is 0 Å². The van der Waals surface area contributed by atoms with Crippen LogP contribution >= 0.6 is 23.2 Å². The van der Waals surface area contributed by atoms with Crippen LogP contribution in [0.2, 0.25) is 10.0 Å². The Kier molecular flexibility index (Phi) is 6.08. The highest BCUT2D eigenvalue weighted by Crippen LogP contribution is 2.32. The van der Waals surface area contributed by atoms with E-state index in [1.165, 1.54) is 0 Å². The molecule has 3 rings (SSSR count). The van der Waals surface area contributed by atoms with Crippen LogP contribution in [-0.2, 0) is 19.7 Å². The number of rotatable bonds is 7. The Bertz CT molecular complexity index is 936. The summed E-state index contributed by atoms with van der Waals surface area (Å²) in [5, 5.41) is 5.13. The van der Waals surface area contributed by atoms with Crippen LogP contribution in [-0.4, -0.2) is 27.6 Å². The minimum atomic E-state index is -0.229. The van der Waals surface area contributed by atoms with E-state index < -0.39 is 0 Å². The summed E-state index contributed by atoms with van der Waals surface area (Å²) in [6, 6.07) is 10.4. The van der Waals surface area contributed by atoms with E-state index in [1.54, 1.807) is 42.3 Å². The highest BCUT2D eigenvalue weighted by molar-refractivity contribution is 6.42. The van der Waals surface area contributed by atoms with Gasteiger partial charge in [0, 0.05) is 19.8 Å². The lowest BCUT2D eigenvalue weighted by Gasteiger charge is -2.14. The first-order valence-corrected chi connectivity index (χ1v) is 9.17. The summed E-state index contributed by atoms with van der Waals surface area (Å²) >= 11 is 12.1. The van der Waals surface area contributed by atoms with Gasteiger partial charge in [-0.3, -0.25) is 9.48 Å². The fourth-order valence-corrected chi connectivity index (χ4v) is 2.83. The van der Waals surface area contributed by atoms with Gasteiger partial charge in [0.2, 0.25) is 0 Å². The summed E-state index contributed by atoms with van der Waals surface area (Å²) in [6.45, 7) is 3.33. The number of nitrogens with zero attached hydrogens (tertiary/aromatic N) is 3. The van der Waals surface area contributed by atoms with Gasteiger partial charge in [0.15, 0.2) is 5.76 Å². The smallest absolute Gasteiger partial charge is 0.289 e. The molecule has 2 heterocycles. The number of halogens is 2. The molecule has 0 bridgehead atoms. The Morgan fingerprint density at radius 3 is 2.81 bits per heavy atom. The van der Waals surface area contributed by atoms with Crippen LogP contribution in [0.3, 0.4) is 0 Å². The summed E-state index contributed by atoms with van der Waals surface area (Å²) < 4.78 is 13.0. The lowest BCUT2D eigenvalue weighted by atomic mass is 10.3. The monoisotopic (exact) mass is 407 g/mol. The topological polar surface area (TPSA) is 60.5 Å². The Morgan fingerprint density at radius 2 is 2.07 bits per heavy atom. The number of amides is 1. The van der Waals surface area contributed by atoms with E-state index in [9.17, 15) is 4.79 Å². The van der Waals surface area contributed by atoms with Crippen molar-refractivity contribution in [3.05, 3.63) is 69.9 Å². The number of hydrogen-bond acceptors (Lipinski definition) is 4. The summed E-state index contributed by atoms with van der Waals surface area (Å²) in [7, 11) is 1.71. The lowest BCUT2D eigenvalue weighted by Crippen LogP contribution is -2.26. The molecule has 0 atom stereocenters. The second kappa shape index (κ2) is 8.50. The van der Waals surface area contributed by atoms with Gasteiger partial charge >= 0.3 is 0 Å². The number of aromatic nitrogens is 2. The van der Waals surface area contributed by atoms with Crippen molar-refractivity contribution in [3.8, 4) is 5.75 Å². The second-order valence-corrected chi connectivity index (χ2v) is 6.72. The Hall–Kier alpha value is -2.44. The van der Waals surface area contributed by atoms with Gasteiger partial charge in [0.1, 0.15) is 23.1 Å². The van der Waals surface area contributed by atoms with Crippen LogP contribution in [0.15, 0.2) is 47.0 Å². The molecule has 1 amide bonds. The zero-order valence-corrected chi connectivity index (χ0v) is 16.5. The van der Waals surface area contributed by atoms with E-state index in [2.05, 4.69) is 5.10 Å². The van der Waals surface area contributed by atoms with Crippen LogP contribution in [0.4, 0.5) is 0 Å². The minimum Gasteiger partial charge on any atom is -0.484 e. The summed E-state index contributed by atoms with van der Waals surface area (Å²) in [5.74, 6) is 0.978. The molecule has 6 nitrogen and oxygen atoms in total. The Morgan fingerprint density at radius 1 is 1.26 bits per heavy atom. The first-order chi connectivity index (χ1) is 13.0. The third-order valence-corrected chi connectivity index (χ3v) is 4.73. The van der Waals surface area contributed by atoms with Crippen molar-refractivity contribution >= 4 is 29.1 Å². The zero-order chi connectivity index (χ0) is 19.4. The van der Waals surface area contributed by atoms with Crippen LogP contribution in [0.1, 0.15) is 28.9 Å². The molecule has 0 saturated carbocycles. The van der Waals surface area contributed by atoms with Gasteiger partial charge in [-0.1, -0.05) is 29.3 Å². The van der Waals surface area contributed by atoms with Crippen LogP contribution in [0.25, 0.3) is 0 Å². The molecule has 0 radical (unpaired) electrons. The van der Waals surface area contributed by atoms with Gasteiger partial charge < -0.3 is 14.1 Å². The summed E-state index contributed by atoms with van der Waals surface area (Å²) in [4.78, 5) is 14.1. The molecule has 8 heteroatoms. The SMILES string of the molecule is CCn1ccc(CN(C)C(=O)c2ccc(COc3cccc(Cl)c3Cl)o2)n1. The van der Waals surface area contributed by atoms with Crippen molar-refractivity contribution in [1.29, 1.82) is 0 Å². The van der Waals surface area contributed by atoms with Crippen molar-refractivity contribution in [3.63, 3.8) is 0 Å². The minimum absolute atomic E-state index is 0.137. The Balaban J connectivity index is 1.60. The number of hydrogen-bond donors (Lipinski definition) is 0. The normalized spacial score (nSPS) is 10.8. The van der Waals surface area contributed by atoms with E-state index in [0.29, 0.717) is 28.1 Å². The maximum atomic E-state index is 12.5. The second-order valence-electron chi connectivity index (χ2n) is 5.93. The highest BCUT2D eigenvalue weighted by Gasteiger charge is 2.17. The van der Waals surface area contributed by atoms with Gasteiger partial charge in [-0.05, 0) is 37.3 Å². The van der Waals surface area contributed by atoms with Crippen molar-refractivity contribution in [2.24, 2.45) is 0 Å². The number of furan rings is 1. The molecule has 3 aromatic rings. The predicted molar refractivity (Wildman–Crippen MR) is 103 cm³/mol. The van der Waals surface area contributed by atoms with Crippen LogP contribution < -0.4 is 4.74 Å². The molecular formula is C19H19Cl2N3O3. The fraction of sp³-hybridized carbons (Fsp3) is 0.263. The van der Waals surface area contributed by atoms with Crippen LogP contribution in [0, 0.1) is 0 Å². The summed E-state index contributed by atoms with van der Waals surface area (Å²) in [6.07, 6.45) is 1.89. The largest absolute Gasteiger partial charge is 0.484 e. The van der Waals surface area contributed by atoms with Gasteiger partial charge in [0.05, 0.1) is 17.3 Å². The molecule has 0 aliphatic rings. The number of carbonyl (C=O) groups excluding carboxylic acids is 1. The van der Waals surface area contributed by atoms with E-state index in [4.69, 9.17) is 32.4 Å². The molecule has 1 aromatic carbocycles. The first-order valence-electron chi connectivity index (χ1n) is 8.41. The van der Waals surface area contributed by atoms with Crippen molar-refractivity contribution in [2.75, 3.05) is 7.05 Å². The molecule has 142 valence electrons. The molecular weight excluding hydrogens is 389 g/mol. The molecule has 2 aromatic heterocycles. The highest BCUT2D eigenvalue weighted by atomic mass is 35.5. The molecule has 0 aliphatic heterocycles. The standard InChI is InChI=1S/C19H19Cl2N3O3/c1-3-24-10-9-13(22-24)11-23(2)19(25)17-8-7-14(27-17)12-26-16-6-4-5-15(20)18(16)21/h4-10H,3,11-12H2,1-2H3. The maximum absolute atomic E-state index is 12.5. The predicted octanol–water partition coefficient (Wildman–Crippen LogP) is 4.65. The molecule has 27 heavy (non-hydrogen) atoms. The maximum Gasteiger partial charge on any atom is 0.289 e. The number of benzene rings is 1. The fourth-order valence-electron chi connectivity index (χ4n) is 2.48. The molecule has 0 fully saturated rings. The third kappa shape index (κ3) is 4.64. The molecule has 0 N–H and O–H groups in total. The summed E-state index contributed by atoms with van der Waals surface area (Å²) in [5.41, 5.74) is 0.818. The van der Waals surface area contributed by atoms with Crippen molar-refractivity contribution in [2.45, 2.75) is 26.6 Å². The van der Waals surface area contributed by atoms with E-state index >= 15 is 0 Å². The number of carbonyl (C=O) groups is 1. The average molecular weight is 408 g/mol. The van der Waals surface area contributed by atoms with Gasteiger partial charge in [-0.2, -0.15) is 5.10 Å². The van der Waals surface area contributed by atoms with E-state index in [1.807, 2.05) is 23.9 Å². The van der Waals surface area contributed by atoms with E-state index in [0.717, 1.165) is 12.2 Å². The van der Waals surface area contributed by atoms with E-state index in [-0.39, 0.29) is 18.3 Å². The Labute approximate surface area is 167 Å². The quantitative estimate of drug-likeness (QED) is 0.571.